The molecule has 0 fully saturated rings. The van der Waals surface area contributed by atoms with E-state index >= 15 is 0 Å². The van der Waals surface area contributed by atoms with Gasteiger partial charge in [-0.1, -0.05) is 5.46 Å². The van der Waals surface area contributed by atoms with Gasteiger partial charge in [0.2, 0.25) is 0 Å². The summed E-state index contributed by atoms with van der Waals surface area (Å²) in [6.45, 7) is 0. The van der Waals surface area contributed by atoms with E-state index in [9.17, 15) is 0 Å². The van der Waals surface area contributed by atoms with Gasteiger partial charge in [0.05, 0.1) is 0 Å². The molecule has 44 valence electrons. The number of hydrogen-bond acceptors (Lipinski definition) is 1. The fraction of sp³-hybridized carbons (Fsp3) is 0. The number of halogens is 2. The van der Waals surface area contributed by atoms with Crippen molar-refractivity contribution in [3.8, 4) is 0 Å². The van der Waals surface area contributed by atoms with Gasteiger partial charge in [0.15, 0.2) is 0 Å². The van der Waals surface area contributed by atoms with Gasteiger partial charge in [-0.25, -0.2) is 0 Å². The van der Waals surface area contributed by atoms with Gasteiger partial charge in [-0.2, -0.15) is 0 Å². The first-order valence-electron chi connectivity index (χ1n) is 2.26. The fourth-order valence-corrected chi connectivity index (χ4v) is 1.90. The Morgan fingerprint density at radius 3 is 2.56 bits per heavy atom. The zero-order chi connectivity index (χ0) is 6.85. The molecule has 0 aliphatic rings. The zero-order valence-corrected chi connectivity index (χ0v) is 8.75. The van der Waals surface area contributed by atoms with Crippen LogP contribution in [0.5, 0.6) is 0 Å². The van der Waals surface area contributed by atoms with Gasteiger partial charge in [0.25, 0.3) is 0 Å². The third-order valence-electron chi connectivity index (χ3n) is 0.849. The van der Waals surface area contributed by atoms with Crippen molar-refractivity contribution in [2.24, 2.45) is 0 Å². The Kier molecular flexibility index (Phi) is 2.75. The van der Waals surface area contributed by atoms with Crippen molar-refractivity contribution in [2.75, 3.05) is 0 Å². The van der Waals surface area contributed by atoms with E-state index in [0.29, 0.717) is 0 Å². The lowest BCUT2D eigenvalue weighted by atomic mass is 9.99. The first kappa shape index (κ1) is 7.78. The van der Waals surface area contributed by atoms with Gasteiger partial charge in [0, 0.05) is 9.77 Å². The molecule has 1 rings (SSSR count). The topological polar surface area (TPSA) is 12.9 Å². The van der Waals surface area contributed by atoms with Crippen LogP contribution in [0.15, 0.2) is 12.3 Å². The SMILES string of the molecule is [B]c1cnc(I)cc1I. The van der Waals surface area contributed by atoms with Gasteiger partial charge < -0.3 is 0 Å². The summed E-state index contributed by atoms with van der Waals surface area (Å²) in [4.78, 5) is 4.00. The fourth-order valence-electron chi connectivity index (χ4n) is 0.418. The van der Waals surface area contributed by atoms with E-state index < -0.39 is 0 Å². The molecule has 1 aromatic rings. The van der Waals surface area contributed by atoms with E-state index in [1.807, 2.05) is 6.07 Å². The van der Waals surface area contributed by atoms with Crippen molar-refractivity contribution in [3.63, 3.8) is 0 Å². The Bertz CT molecular complexity index is 226. The normalized spacial score (nSPS) is 9.56. The molecule has 0 unspecified atom stereocenters. The van der Waals surface area contributed by atoms with Crippen molar-refractivity contribution in [2.45, 2.75) is 0 Å². The molecular weight excluding hydrogens is 339 g/mol. The summed E-state index contributed by atoms with van der Waals surface area (Å²) < 4.78 is 2.04. The van der Waals surface area contributed by atoms with Crippen LogP contribution in [0.3, 0.4) is 0 Å². The van der Waals surface area contributed by atoms with E-state index in [0.717, 1.165) is 12.7 Å². The third-order valence-corrected chi connectivity index (χ3v) is 2.37. The van der Waals surface area contributed by atoms with Crippen LogP contribution in [0, 0.1) is 7.27 Å². The molecule has 0 N–H and O–H groups in total. The Morgan fingerprint density at radius 2 is 2.11 bits per heavy atom. The van der Waals surface area contributed by atoms with Crippen molar-refractivity contribution < 1.29 is 0 Å². The smallest absolute Gasteiger partial charge is 0.117 e. The molecule has 1 nitrogen and oxygen atoms in total. The highest BCUT2D eigenvalue weighted by Gasteiger charge is 1.92. The minimum absolute atomic E-state index is 0.746. The summed E-state index contributed by atoms with van der Waals surface area (Å²) in [5.74, 6) is 0. The maximum Gasteiger partial charge on any atom is 0.117 e. The minimum atomic E-state index is 0.746. The lowest BCUT2D eigenvalue weighted by molar-refractivity contribution is 1.28. The molecule has 1 aromatic heterocycles. The molecule has 0 spiro atoms. The second-order valence-electron chi connectivity index (χ2n) is 1.53. The Balaban J connectivity index is 3.17. The molecule has 1 heterocycles. The van der Waals surface area contributed by atoms with Crippen LogP contribution >= 0.6 is 45.2 Å². The molecule has 0 aromatic carbocycles. The molecule has 0 aliphatic heterocycles. The van der Waals surface area contributed by atoms with Crippen LogP contribution in [0.4, 0.5) is 0 Å². The largest absolute Gasteiger partial charge is 0.251 e. The highest BCUT2D eigenvalue weighted by atomic mass is 127. The molecule has 4 heteroatoms. The molecule has 0 bridgehead atoms. The van der Waals surface area contributed by atoms with Crippen molar-refractivity contribution in [1.29, 1.82) is 0 Å². The summed E-state index contributed by atoms with van der Waals surface area (Å²) in [5, 5.41) is 0. The van der Waals surface area contributed by atoms with E-state index in [1.165, 1.54) is 0 Å². The molecule has 9 heavy (non-hydrogen) atoms. The predicted molar refractivity (Wildman–Crippen MR) is 55.1 cm³/mol. The van der Waals surface area contributed by atoms with Crippen LogP contribution in [0.2, 0.25) is 0 Å². The maximum atomic E-state index is 5.52. The highest BCUT2D eigenvalue weighted by Crippen LogP contribution is 2.03. The highest BCUT2D eigenvalue weighted by molar-refractivity contribution is 14.1. The van der Waals surface area contributed by atoms with E-state index in [1.54, 1.807) is 6.20 Å². The van der Waals surface area contributed by atoms with Crippen molar-refractivity contribution in [1.82, 2.24) is 4.98 Å². The number of hydrogen-bond donors (Lipinski definition) is 0. The molecule has 0 amide bonds. The lowest BCUT2D eigenvalue weighted by Gasteiger charge is -1.95. The summed E-state index contributed by atoms with van der Waals surface area (Å²) in [5.41, 5.74) is 0.746. The van der Waals surface area contributed by atoms with Crippen LogP contribution in [0.25, 0.3) is 0 Å². The number of aromatic nitrogens is 1. The molecule has 0 saturated carbocycles. The van der Waals surface area contributed by atoms with Gasteiger partial charge in [-0.05, 0) is 51.2 Å². The summed E-state index contributed by atoms with van der Waals surface area (Å²) >= 11 is 4.33. The maximum absolute atomic E-state index is 5.52. The average molecular weight is 341 g/mol. The number of nitrogens with zero attached hydrogens (tertiary/aromatic N) is 1. The summed E-state index contributed by atoms with van der Waals surface area (Å²) in [7, 11) is 5.52. The van der Waals surface area contributed by atoms with Crippen molar-refractivity contribution >= 4 is 58.5 Å². The summed E-state index contributed by atoms with van der Waals surface area (Å²) in [6.07, 6.45) is 1.67. The van der Waals surface area contributed by atoms with Gasteiger partial charge in [-0.3, -0.25) is 4.98 Å². The second-order valence-corrected chi connectivity index (χ2v) is 3.80. The molecule has 2 radical (unpaired) electrons. The van der Waals surface area contributed by atoms with Crippen LogP contribution < -0.4 is 5.46 Å². The standard InChI is InChI=1S/C5H2BI2N/c6-3-2-9-5(8)1-4(3)7/h1-2H. The first-order valence-corrected chi connectivity index (χ1v) is 4.42. The number of pyridine rings is 1. The minimum Gasteiger partial charge on any atom is -0.251 e. The average Bonchev–Trinajstić information content (AvgIpc) is 1.80. The number of rotatable bonds is 0. The first-order chi connectivity index (χ1) is 4.20. The predicted octanol–water partition coefficient (Wildman–Crippen LogP) is 1.08. The zero-order valence-electron chi connectivity index (χ0n) is 4.44. The molecule has 0 aliphatic carbocycles. The van der Waals surface area contributed by atoms with E-state index in [-0.39, 0.29) is 0 Å². The molecule has 0 atom stereocenters. The Hall–Kier alpha value is 0.675. The quantitative estimate of drug-likeness (QED) is 0.391. The summed E-state index contributed by atoms with van der Waals surface area (Å²) in [6, 6.07) is 1.94. The van der Waals surface area contributed by atoms with Gasteiger partial charge in [0.1, 0.15) is 11.5 Å². The molecule has 0 saturated heterocycles. The van der Waals surface area contributed by atoms with Crippen molar-refractivity contribution in [3.05, 3.63) is 19.5 Å². The van der Waals surface area contributed by atoms with Gasteiger partial charge in [-0.15, -0.1) is 0 Å². The second kappa shape index (κ2) is 3.18. The van der Waals surface area contributed by atoms with Gasteiger partial charge >= 0.3 is 0 Å². The van der Waals surface area contributed by atoms with Crippen LogP contribution in [-0.4, -0.2) is 12.8 Å². The van der Waals surface area contributed by atoms with Crippen LogP contribution in [-0.2, 0) is 0 Å². The Morgan fingerprint density at radius 1 is 1.44 bits per heavy atom. The lowest BCUT2D eigenvalue weighted by Crippen LogP contribution is -2.08. The Labute approximate surface area is 82.3 Å². The van der Waals surface area contributed by atoms with E-state index in [4.69, 9.17) is 7.85 Å². The van der Waals surface area contributed by atoms with E-state index in [2.05, 4.69) is 50.2 Å². The van der Waals surface area contributed by atoms with Crippen LogP contribution in [0.1, 0.15) is 0 Å². The molecular formula is C5H2BI2N. The monoisotopic (exact) mass is 341 g/mol. The third kappa shape index (κ3) is 2.07.